The summed E-state index contributed by atoms with van der Waals surface area (Å²) >= 11 is 0. The van der Waals surface area contributed by atoms with E-state index in [1.54, 1.807) is 0 Å². The molecule has 0 radical (unpaired) electrons. The van der Waals surface area contributed by atoms with Crippen LogP contribution in [0.4, 0.5) is 0 Å². The van der Waals surface area contributed by atoms with Crippen LogP contribution in [-0.4, -0.2) is 57.5 Å². The number of hydrogen-bond acceptors (Lipinski definition) is 6. The molecule has 0 aromatic carbocycles. The molecular weight excluding hydrogens is 288 g/mol. The second kappa shape index (κ2) is 9.26. The Hall–Kier alpha value is -2.68. The van der Waals surface area contributed by atoms with E-state index in [-0.39, 0.29) is 18.4 Å². The number of rotatable bonds is 9. The Morgan fingerprint density at radius 1 is 0.857 bits per heavy atom. The van der Waals surface area contributed by atoms with Gasteiger partial charge < -0.3 is 25.2 Å². The summed E-state index contributed by atoms with van der Waals surface area (Å²) in [5.74, 6) is -5.34. The van der Waals surface area contributed by atoms with E-state index in [1.807, 2.05) is 0 Å². The van der Waals surface area contributed by atoms with E-state index in [2.05, 4.69) is 4.74 Å². The maximum absolute atomic E-state index is 11.5. The first-order valence-electron chi connectivity index (χ1n) is 5.66. The van der Waals surface area contributed by atoms with E-state index in [0.717, 1.165) is 0 Å². The maximum Gasteiger partial charge on any atom is 0.334 e. The van der Waals surface area contributed by atoms with Crippen molar-refractivity contribution >= 4 is 23.9 Å². The van der Waals surface area contributed by atoms with Crippen LogP contribution in [-0.2, 0) is 23.9 Å². The minimum Gasteiger partial charge on any atom is -0.478 e. The molecule has 4 N–H and O–H groups in total. The summed E-state index contributed by atoms with van der Waals surface area (Å²) in [5.41, 5.74) is -0.759. The number of carboxylic acid groups (broad SMARTS) is 3. The summed E-state index contributed by atoms with van der Waals surface area (Å²) in [7, 11) is 0. The zero-order valence-electron chi connectivity index (χ0n) is 10.8. The summed E-state index contributed by atoms with van der Waals surface area (Å²) in [5, 5.41) is 34.4. The number of aliphatic hydroxyl groups is 1. The van der Waals surface area contributed by atoms with E-state index in [1.165, 1.54) is 0 Å². The standard InChI is InChI=1S/C12H14O9/c13-3-1-8(6-10(16)17)12(20)21-4-2-7(11(18)19)5-9(14)15/h5-6,13H,1-4H2,(H,14,15)(H,16,17)(H,18,19)/b7-5-,8-6+. The maximum atomic E-state index is 11.5. The van der Waals surface area contributed by atoms with E-state index in [9.17, 15) is 19.2 Å². The minimum absolute atomic E-state index is 0.234. The Labute approximate surface area is 118 Å². The minimum atomic E-state index is -1.47. The summed E-state index contributed by atoms with van der Waals surface area (Å²) in [6.45, 7) is -0.903. The lowest BCUT2D eigenvalue weighted by molar-refractivity contribution is -0.141. The van der Waals surface area contributed by atoms with Crippen molar-refractivity contribution in [2.45, 2.75) is 12.8 Å². The molecule has 0 spiro atoms. The SMILES string of the molecule is O=C(O)/C=C(/CCOC(=O)/C(=C/C(=O)O)CCO)C(=O)O. The Morgan fingerprint density at radius 2 is 1.38 bits per heavy atom. The van der Waals surface area contributed by atoms with Crippen LogP contribution in [0.3, 0.4) is 0 Å². The molecule has 21 heavy (non-hydrogen) atoms. The van der Waals surface area contributed by atoms with Gasteiger partial charge in [0.15, 0.2) is 0 Å². The van der Waals surface area contributed by atoms with Crippen molar-refractivity contribution in [2.75, 3.05) is 13.2 Å². The van der Waals surface area contributed by atoms with Gasteiger partial charge in [0, 0.05) is 42.7 Å². The van der Waals surface area contributed by atoms with Gasteiger partial charge in [0.05, 0.1) is 6.61 Å². The lowest BCUT2D eigenvalue weighted by Crippen LogP contribution is -2.14. The van der Waals surface area contributed by atoms with E-state index in [4.69, 9.17) is 20.4 Å². The molecule has 0 rings (SSSR count). The molecule has 0 aliphatic rings. The second-order valence-electron chi connectivity index (χ2n) is 3.68. The highest BCUT2D eigenvalue weighted by Crippen LogP contribution is 2.07. The van der Waals surface area contributed by atoms with Gasteiger partial charge in [-0.3, -0.25) is 0 Å². The van der Waals surface area contributed by atoms with Crippen LogP contribution in [0.1, 0.15) is 12.8 Å². The Morgan fingerprint density at radius 3 is 1.81 bits per heavy atom. The average molecular weight is 302 g/mol. The highest BCUT2D eigenvalue weighted by atomic mass is 16.5. The number of carbonyl (C=O) groups excluding carboxylic acids is 1. The molecule has 0 heterocycles. The first kappa shape index (κ1) is 18.3. The van der Waals surface area contributed by atoms with E-state index >= 15 is 0 Å². The van der Waals surface area contributed by atoms with Crippen molar-refractivity contribution in [3.63, 3.8) is 0 Å². The third-order valence-electron chi connectivity index (χ3n) is 2.12. The zero-order chi connectivity index (χ0) is 16.4. The van der Waals surface area contributed by atoms with Gasteiger partial charge >= 0.3 is 23.9 Å². The predicted octanol–water partition coefficient (Wildman–Crippen LogP) is -0.591. The van der Waals surface area contributed by atoms with Gasteiger partial charge in [-0.05, 0) is 0 Å². The van der Waals surface area contributed by atoms with Gasteiger partial charge in [0.2, 0.25) is 0 Å². The monoisotopic (exact) mass is 302 g/mol. The normalized spacial score (nSPS) is 11.9. The van der Waals surface area contributed by atoms with Gasteiger partial charge in [-0.15, -0.1) is 0 Å². The molecule has 0 aromatic rings. The fraction of sp³-hybridized carbons (Fsp3) is 0.333. The molecule has 0 unspecified atom stereocenters. The van der Waals surface area contributed by atoms with Gasteiger partial charge in [0.25, 0.3) is 0 Å². The number of ether oxygens (including phenoxy) is 1. The highest BCUT2D eigenvalue weighted by molar-refractivity contribution is 5.96. The van der Waals surface area contributed by atoms with Crippen LogP contribution >= 0.6 is 0 Å². The molecule has 0 saturated carbocycles. The molecule has 0 fully saturated rings. The Bertz CT molecular complexity index is 487. The molecule has 0 atom stereocenters. The van der Waals surface area contributed by atoms with Gasteiger partial charge in [-0.25, -0.2) is 19.2 Å². The molecule has 0 saturated heterocycles. The van der Waals surface area contributed by atoms with Crippen molar-refractivity contribution in [3.05, 3.63) is 23.3 Å². The highest BCUT2D eigenvalue weighted by Gasteiger charge is 2.14. The number of aliphatic hydroxyl groups excluding tert-OH is 1. The van der Waals surface area contributed by atoms with Crippen LogP contribution in [0.15, 0.2) is 23.3 Å². The van der Waals surface area contributed by atoms with E-state index in [0.29, 0.717) is 12.2 Å². The summed E-state index contributed by atoms with van der Waals surface area (Å²) in [6.07, 6.45) is 0.455. The zero-order valence-corrected chi connectivity index (χ0v) is 10.8. The Balaban J connectivity index is 4.63. The third kappa shape index (κ3) is 8.16. The predicted molar refractivity (Wildman–Crippen MR) is 66.4 cm³/mol. The number of esters is 1. The molecule has 116 valence electrons. The quantitative estimate of drug-likeness (QED) is 0.322. The van der Waals surface area contributed by atoms with Crippen molar-refractivity contribution in [1.29, 1.82) is 0 Å². The lowest BCUT2D eigenvalue weighted by Gasteiger charge is -2.07. The fourth-order valence-corrected chi connectivity index (χ4v) is 1.24. The molecular formula is C12H14O9. The average Bonchev–Trinajstić information content (AvgIpc) is 2.35. The number of aliphatic carboxylic acids is 3. The fourth-order valence-electron chi connectivity index (χ4n) is 1.24. The van der Waals surface area contributed by atoms with Crippen molar-refractivity contribution in [2.24, 2.45) is 0 Å². The van der Waals surface area contributed by atoms with Crippen molar-refractivity contribution in [1.82, 2.24) is 0 Å². The topological polar surface area (TPSA) is 158 Å². The molecule has 9 heteroatoms. The molecule has 9 nitrogen and oxygen atoms in total. The van der Waals surface area contributed by atoms with Gasteiger partial charge in [-0.1, -0.05) is 0 Å². The number of carboxylic acids is 3. The third-order valence-corrected chi connectivity index (χ3v) is 2.12. The molecule has 0 bridgehead atoms. The Kier molecular flexibility index (Phi) is 8.08. The number of hydrogen-bond donors (Lipinski definition) is 4. The van der Waals surface area contributed by atoms with E-state index < -0.39 is 42.7 Å². The first-order valence-corrected chi connectivity index (χ1v) is 5.66. The summed E-state index contributed by atoms with van der Waals surface area (Å²) in [4.78, 5) is 43.0. The summed E-state index contributed by atoms with van der Waals surface area (Å²) < 4.78 is 4.64. The molecule has 0 aromatic heterocycles. The van der Waals surface area contributed by atoms with Gasteiger partial charge in [-0.2, -0.15) is 0 Å². The molecule has 0 aliphatic heterocycles. The van der Waals surface area contributed by atoms with Crippen LogP contribution in [0.5, 0.6) is 0 Å². The number of carbonyl (C=O) groups is 4. The first-order chi connectivity index (χ1) is 9.77. The van der Waals surface area contributed by atoms with Crippen molar-refractivity contribution in [3.8, 4) is 0 Å². The molecule has 0 amide bonds. The lowest BCUT2D eigenvalue weighted by atomic mass is 10.1. The van der Waals surface area contributed by atoms with Crippen LogP contribution in [0.25, 0.3) is 0 Å². The molecule has 0 aliphatic carbocycles. The second-order valence-corrected chi connectivity index (χ2v) is 3.68. The van der Waals surface area contributed by atoms with Gasteiger partial charge in [0.1, 0.15) is 0 Å². The van der Waals surface area contributed by atoms with Crippen molar-refractivity contribution < 1.29 is 44.3 Å². The largest absolute Gasteiger partial charge is 0.478 e. The summed E-state index contributed by atoms with van der Waals surface area (Å²) in [6, 6.07) is 0. The van der Waals surface area contributed by atoms with Crippen LogP contribution in [0.2, 0.25) is 0 Å². The smallest absolute Gasteiger partial charge is 0.334 e. The van der Waals surface area contributed by atoms with Crippen LogP contribution < -0.4 is 0 Å². The van der Waals surface area contributed by atoms with Crippen LogP contribution in [0, 0.1) is 0 Å².